The van der Waals surface area contributed by atoms with Gasteiger partial charge in [0.25, 0.3) is 0 Å². The largest absolute Gasteiger partial charge is 0.480 e. The monoisotopic (exact) mass is 550 g/mol. The van der Waals surface area contributed by atoms with Gasteiger partial charge < -0.3 is 40.2 Å². The maximum Gasteiger partial charge on any atom is 0.342 e. The standard InChI is InChI=1S/C16H32N4O13P2/c1-2-18(9-13(22)23)3-4-19(5-6-20(10-14(24)25)11-15(26)27)8-12(21)17-7-16(34(28,29)30)35(31,32)33/h16H,2-11H2,1H3,(H,17,21)(H,22,23)(H,24,25)(H,26,27)(H2,28,29,30)(H2,31,32,33). The van der Waals surface area contributed by atoms with Crippen LogP contribution in [0.4, 0.5) is 0 Å². The summed E-state index contributed by atoms with van der Waals surface area (Å²) in [6, 6.07) is 0. The molecule has 0 aliphatic heterocycles. The van der Waals surface area contributed by atoms with E-state index in [1.54, 1.807) is 6.92 Å². The molecule has 0 aliphatic carbocycles. The molecule has 0 radical (unpaired) electrons. The Morgan fingerprint density at radius 1 is 0.686 bits per heavy atom. The average Bonchev–Trinajstić information content (AvgIpc) is 2.65. The Bertz CT molecular complexity index is 792. The van der Waals surface area contributed by atoms with E-state index in [2.05, 4.69) is 0 Å². The molecule has 0 fully saturated rings. The fourth-order valence-electron chi connectivity index (χ4n) is 2.87. The van der Waals surface area contributed by atoms with Crippen LogP contribution in [0.3, 0.4) is 0 Å². The molecule has 0 aromatic carbocycles. The SMILES string of the molecule is CCN(CCN(CCN(CC(=O)O)CC(=O)O)CC(=O)NCC(P(=O)(O)O)P(=O)(O)O)CC(=O)O. The number of amides is 1. The number of carbonyl (C=O) groups excluding carboxylic acids is 1. The summed E-state index contributed by atoms with van der Waals surface area (Å²) in [6.45, 7) is -0.855. The lowest BCUT2D eigenvalue weighted by atomic mass is 10.3. The highest BCUT2D eigenvalue weighted by Gasteiger charge is 2.43. The lowest BCUT2D eigenvalue weighted by molar-refractivity contribution is -0.142. The van der Waals surface area contributed by atoms with Crippen LogP contribution in [0.5, 0.6) is 0 Å². The van der Waals surface area contributed by atoms with Gasteiger partial charge in [0.2, 0.25) is 5.91 Å². The Labute approximate surface area is 200 Å². The summed E-state index contributed by atoms with van der Waals surface area (Å²) in [5, 5.41) is 26.5. The molecular formula is C16H32N4O13P2. The summed E-state index contributed by atoms with van der Waals surface area (Å²) in [5.74, 6) is -4.53. The van der Waals surface area contributed by atoms with Gasteiger partial charge in [0.1, 0.15) is 0 Å². The molecule has 0 aliphatic rings. The van der Waals surface area contributed by atoms with Crippen molar-refractivity contribution in [3.8, 4) is 0 Å². The normalized spacial score (nSPS) is 12.5. The van der Waals surface area contributed by atoms with Gasteiger partial charge in [-0.2, -0.15) is 0 Å². The Morgan fingerprint density at radius 2 is 1.06 bits per heavy atom. The fourth-order valence-corrected chi connectivity index (χ4v) is 5.10. The number of rotatable bonds is 19. The van der Waals surface area contributed by atoms with Crippen molar-refractivity contribution in [3.05, 3.63) is 0 Å². The first kappa shape index (κ1) is 33.1. The molecule has 17 nitrogen and oxygen atoms in total. The summed E-state index contributed by atoms with van der Waals surface area (Å²) >= 11 is 0. The Hall–Kier alpha value is -1.94. The zero-order valence-electron chi connectivity index (χ0n) is 19.0. The number of hydrogen-bond acceptors (Lipinski definition) is 9. The van der Waals surface area contributed by atoms with Crippen LogP contribution in [0.1, 0.15) is 6.92 Å². The summed E-state index contributed by atoms with van der Waals surface area (Å²) in [4.78, 5) is 85.9. The van der Waals surface area contributed by atoms with Gasteiger partial charge in [-0.3, -0.25) is 43.0 Å². The van der Waals surface area contributed by atoms with Crippen molar-refractivity contribution < 1.29 is 63.2 Å². The van der Waals surface area contributed by atoms with E-state index in [0.29, 0.717) is 6.54 Å². The zero-order valence-corrected chi connectivity index (χ0v) is 20.8. The first-order valence-electron chi connectivity index (χ1n) is 10.1. The number of nitrogens with zero attached hydrogens (tertiary/aromatic N) is 3. The molecule has 0 saturated heterocycles. The molecule has 0 aromatic heterocycles. The third-order valence-electron chi connectivity index (χ3n) is 4.61. The van der Waals surface area contributed by atoms with Crippen molar-refractivity contribution in [1.29, 1.82) is 0 Å². The maximum absolute atomic E-state index is 12.3. The minimum absolute atomic E-state index is 0.0426. The first-order valence-corrected chi connectivity index (χ1v) is 13.5. The van der Waals surface area contributed by atoms with Crippen molar-refractivity contribution in [2.45, 2.75) is 12.3 Å². The number of carboxylic acids is 3. The van der Waals surface area contributed by atoms with Crippen LogP contribution in [0.2, 0.25) is 0 Å². The number of carboxylic acid groups (broad SMARTS) is 3. The fraction of sp³-hybridized carbons (Fsp3) is 0.750. The molecule has 0 spiro atoms. The molecule has 1 amide bonds. The average molecular weight is 550 g/mol. The second kappa shape index (κ2) is 15.2. The van der Waals surface area contributed by atoms with E-state index in [-0.39, 0.29) is 32.7 Å². The molecule has 19 heteroatoms. The highest BCUT2D eigenvalue weighted by Crippen LogP contribution is 2.59. The number of likely N-dealkylation sites (N-methyl/N-ethyl adjacent to an activating group) is 1. The van der Waals surface area contributed by atoms with Crippen LogP contribution in [-0.2, 0) is 28.3 Å². The van der Waals surface area contributed by atoms with Crippen LogP contribution >= 0.6 is 15.2 Å². The molecular weight excluding hydrogens is 518 g/mol. The van der Waals surface area contributed by atoms with Gasteiger partial charge in [-0.15, -0.1) is 0 Å². The van der Waals surface area contributed by atoms with Gasteiger partial charge in [0.05, 0.1) is 26.2 Å². The quantitative estimate of drug-likeness (QED) is 0.0743. The van der Waals surface area contributed by atoms with E-state index in [9.17, 15) is 28.3 Å². The van der Waals surface area contributed by atoms with Gasteiger partial charge in [-0.25, -0.2) is 0 Å². The highest BCUT2D eigenvalue weighted by molar-refractivity contribution is 7.70. The minimum Gasteiger partial charge on any atom is -0.480 e. The highest BCUT2D eigenvalue weighted by atomic mass is 31.2. The van der Waals surface area contributed by atoms with Crippen LogP contribution < -0.4 is 5.32 Å². The zero-order chi connectivity index (χ0) is 27.4. The lowest BCUT2D eigenvalue weighted by Crippen LogP contribution is -2.47. The number of hydrogen-bond donors (Lipinski definition) is 8. The van der Waals surface area contributed by atoms with E-state index < -0.39 is 70.6 Å². The molecule has 0 heterocycles. The molecule has 0 aromatic rings. The van der Waals surface area contributed by atoms with Gasteiger partial charge in [-0.1, -0.05) is 6.92 Å². The molecule has 0 atom stereocenters. The van der Waals surface area contributed by atoms with Crippen molar-refractivity contribution in [1.82, 2.24) is 20.0 Å². The molecule has 8 N–H and O–H groups in total. The predicted octanol–water partition coefficient (Wildman–Crippen LogP) is -3.04. The smallest absolute Gasteiger partial charge is 0.342 e. The Balaban J connectivity index is 5.35. The topological polar surface area (TPSA) is 266 Å². The molecule has 0 bridgehead atoms. The predicted molar refractivity (Wildman–Crippen MR) is 119 cm³/mol. The Morgan fingerprint density at radius 3 is 1.43 bits per heavy atom. The van der Waals surface area contributed by atoms with Gasteiger partial charge >= 0.3 is 33.1 Å². The lowest BCUT2D eigenvalue weighted by Gasteiger charge is -2.28. The molecule has 0 rings (SSSR count). The second-order valence-corrected chi connectivity index (χ2v) is 11.5. The summed E-state index contributed by atoms with van der Waals surface area (Å²) in [7, 11) is -10.5. The van der Waals surface area contributed by atoms with E-state index >= 15 is 0 Å². The molecule has 0 unspecified atom stereocenters. The molecule has 204 valence electrons. The third-order valence-corrected chi connectivity index (χ3v) is 8.34. The van der Waals surface area contributed by atoms with Crippen LogP contribution in [0.25, 0.3) is 0 Å². The third kappa shape index (κ3) is 15.6. The second-order valence-electron chi connectivity index (χ2n) is 7.50. The van der Waals surface area contributed by atoms with E-state index in [1.807, 2.05) is 5.32 Å². The van der Waals surface area contributed by atoms with Crippen LogP contribution in [0.15, 0.2) is 0 Å². The van der Waals surface area contributed by atoms with Gasteiger partial charge in [0.15, 0.2) is 5.40 Å². The first-order chi connectivity index (χ1) is 15.9. The minimum atomic E-state index is -5.26. The van der Waals surface area contributed by atoms with E-state index in [0.717, 1.165) is 4.90 Å². The summed E-state index contributed by atoms with van der Waals surface area (Å²) in [5.41, 5.74) is 0. The van der Waals surface area contributed by atoms with Crippen LogP contribution in [0, 0.1) is 0 Å². The number of aliphatic carboxylic acids is 3. The van der Waals surface area contributed by atoms with Crippen molar-refractivity contribution in [3.63, 3.8) is 0 Å². The van der Waals surface area contributed by atoms with Crippen molar-refractivity contribution >= 4 is 39.0 Å². The maximum atomic E-state index is 12.3. The Kier molecular flexibility index (Phi) is 14.4. The van der Waals surface area contributed by atoms with Gasteiger partial charge in [-0.05, 0) is 6.54 Å². The summed E-state index contributed by atoms with van der Waals surface area (Å²) in [6.07, 6.45) is 0. The molecule has 35 heavy (non-hydrogen) atoms. The number of carbonyl (C=O) groups is 4. The van der Waals surface area contributed by atoms with Gasteiger partial charge in [0, 0.05) is 32.7 Å². The van der Waals surface area contributed by atoms with E-state index in [1.165, 1.54) is 9.80 Å². The van der Waals surface area contributed by atoms with E-state index in [4.69, 9.17) is 34.9 Å². The van der Waals surface area contributed by atoms with Crippen LogP contribution in [-0.4, -0.2) is 144 Å². The van der Waals surface area contributed by atoms with Crippen molar-refractivity contribution in [2.75, 3.05) is 65.4 Å². The summed E-state index contributed by atoms with van der Waals surface area (Å²) < 4.78 is 22.7. The molecule has 0 saturated carbocycles. The number of nitrogens with one attached hydrogen (secondary N) is 1. The van der Waals surface area contributed by atoms with Crippen molar-refractivity contribution in [2.24, 2.45) is 0 Å².